The molecule has 0 bridgehead atoms. The molecule has 1 saturated heterocycles. The standard InChI is InChI=1S/C15H18N6S/c1-10-9-21-13(7-18-15(21)22-10)12-6-17-8-14(20-12)19-11-3-2-4-16-5-11/h6-9,11,16H,2-5H2,1H3,(H,19,20). The zero-order valence-electron chi connectivity index (χ0n) is 12.4. The topological polar surface area (TPSA) is 67.1 Å². The summed E-state index contributed by atoms with van der Waals surface area (Å²) in [6.45, 7) is 4.17. The van der Waals surface area contributed by atoms with Crippen LogP contribution in [0.25, 0.3) is 16.3 Å². The maximum absolute atomic E-state index is 4.71. The van der Waals surface area contributed by atoms with Crippen molar-refractivity contribution in [2.45, 2.75) is 25.8 Å². The van der Waals surface area contributed by atoms with Gasteiger partial charge in [0, 0.05) is 23.7 Å². The molecule has 0 aromatic carbocycles. The van der Waals surface area contributed by atoms with Crippen LogP contribution >= 0.6 is 11.3 Å². The molecule has 0 spiro atoms. The minimum Gasteiger partial charge on any atom is -0.365 e. The van der Waals surface area contributed by atoms with Crippen molar-refractivity contribution < 1.29 is 0 Å². The number of piperidine rings is 1. The number of hydrogen-bond donors (Lipinski definition) is 2. The van der Waals surface area contributed by atoms with Crippen LogP contribution < -0.4 is 10.6 Å². The fourth-order valence-electron chi connectivity index (χ4n) is 2.83. The molecule has 1 unspecified atom stereocenters. The molecule has 0 radical (unpaired) electrons. The lowest BCUT2D eigenvalue weighted by atomic mass is 10.1. The van der Waals surface area contributed by atoms with Crippen LogP contribution in [0.5, 0.6) is 0 Å². The molecule has 1 atom stereocenters. The quantitative estimate of drug-likeness (QED) is 0.776. The van der Waals surface area contributed by atoms with Crippen LogP contribution in [-0.4, -0.2) is 38.5 Å². The van der Waals surface area contributed by atoms with Crippen LogP contribution in [0.4, 0.5) is 5.82 Å². The van der Waals surface area contributed by atoms with E-state index in [1.165, 1.54) is 17.7 Å². The Hall–Kier alpha value is -1.99. The van der Waals surface area contributed by atoms with E-state index in [4.69, 9.17) is 4.98 Å². The molecule has 6 nitrogen and oxygen atoms in total. The largest absolute Gasteiger partial charge is 0.365 e. The Balaban J connectivity index is 1.63. The summed E-state index contributed by atoms with van der Waals surface area (Å²) >= 11 is 1.68. The van der Waals surface area contributed by atoms with E-state index in [0.717, 1.165) is 35.3 Å². The van der Waals surface area contributed by atoms with Gasteiger partial charge in [-0.25, -0.2) is 9.97 Å². The SMILES string of the molecule is Cc1cn2c(-c3cncc(NC4CCCNC4)n3)cnc2s1. The second-order valence-corrected chi connectivity index (χ2v) is 6.83. The van der Waals surface area contributed by atoms with Gasteiger partial charge >= 0.3 is 0 Å². The number of aromatic nitrogens is 4. The maximum Gasteiger partial charge on any atom is 0.194 e. The number of anilines is 1. The van der Waals surface area contributed by atoms with E-state index in [2.05, 4.69) is 38.1 Å². The molecule has 3 aromatic heterocycles. The van der Waals surface area contributed by atoms with Gasteiger partial charge in [-0.05, 0) is 26.3 Å². The van der Waals surface area contributed by atoms with Gasteiger partial charge in [-0.2, -0.15) is 0 Å². The fourth-order valence-corrected chi connectivity index (χ4v) is 3.63. The van der Waals surface area contributed by atoms with Crippen molar-refractivity contribution >= 4 is 22.1 Å². The summed E-state index contributed by atoms with van der Waals surface area (Å²) in [5, 5.41) is 6.87. The molecule has 7 heteroatoms. The van der Waals surface area contributed by atoms with Gasteiger partial charge in [0.15, 0.2) is 4.96 Å². The van der Waals surface area contributed by atoms with Crippen LogP contribution in [-0.2, 0) is 0 Å². The third kappa shape index (κ3) is 2.57. The van der Waals surface area contributed by atoms with Gasteiger partial charge in [-0.3, -0.25) is 9.38 Å². The molecule has 1 aliphatic rings. The van der Waals surface area contributed by atoms with Gasteiger partial charge in [0.05, 0.1) is 24.3 Å². The number of rotatable bonds is 3. The number of hydrogen-bond acceptors (Lipinski definition) is 6. The molecule has 22 heavy (non-hydrogen) atoms. The van der Waals surface area contributed by atoms with Crippen molar-refractivity contribution in [3.8, 4) is 11.4 Å². The Morgan fingerprint density at radius 1 is 1.36 bits per heavy atom. The number of fused-ring (bicyclic) bond motifs is 1. The van der Waals surface area contributed by atoms with E-state index >= 15 is 0 Å². The van der Waals surface area contributed by atoms with Crippen molar-refractivity contribution in [1.82, 2.24) is 24.7 Å². The average Bonchev–Trinajstić information content (AvgIpc) is 3.07. The number of aryl methyl sites for hydroxylation is 1. The van der Waals surface area contributed by atoms with Gasteiger partial charge in [-0.1, -0.05) is 0 Å². The third-order valence-corrected chi connectivity index (χ3v) is 4.78. The number of imidazole rings is 1. The third-order valence-electron chi connectivity index (χ3n) is 3.87. The summed E-state index contributed by atoms with van der Waals surface area (Å²) in [6.07, 6.45) is 9.90. The van der Waals surface area contributed by atoms with Gasteiger partial charge in [0.25, 0.3) is 0 Å². The summed E-state index contributed by atoms with van der Waals surface area (Å²) in [4.78, 5) is 15.7. The Bertz CT molecular complexity index is 786. The van der Waals surface area contributed by atoms with Crippen molar-refractivity contribution in [2.75, 3.05) is 18.4 Å². The number of nitrogens with zero attached hydrogens (tertiary/aromatic N) is 4. The van der Waals surface area contributed by atoms with E-state index < -0.39 is 0 Å². The first kappa shape index (κ1) is 13.7. The highest BCUT2D eigenvalue weighted by Crippen LogP contribution is 2.24. The second kappa shape index (κ2) is 5.66. The number of thiazole rings is 1. The highest BCUT2D eigenvalue weighted by molar-refractivity contribution is 7.17. The van der Waals surface area contributed by atoms with Crippen LogP contribution in [0.3, 0.4) is 0 Å². The highest BCUT2D eigenvalue weighted by Gasteiger charge is 2.15. The summed E-state index contributed by atoms with van der Waals surface area (Å²) in [7, 11) is 0. The Morgan fingerprint density at radius 3 is 3.18 bits per heavy atom. The predicted molar refractivity (Wildman–Crippen MR) is 88.3 cm³/mol. The van der Waals surface area contributed by atoms with Crippen LogP contribution in [0.2, 0.25) is 0 Å². The van der Waals surface area contributed by atoms with E-state index in [9.17, 15) is 0 Å². The lowest BCUT2D eigenvalue weighted by molar-refractivity contribution is 0.479. The molecule has 1 fully saturated rings. The van der Waals surface area contributed by atoms with Gasteiger partial charge in [0.1, 0.15) is 11.5 Å². The van der Waals surface area contributed by atoms with Gasteiger partial charge < -0.3 is 10.6 Å². The molecule has 0 amide bonds. The molecule has 3 aromatic rings. The Kier molecular flexibility index (Phi) is 3.51. The van der Waals surface area contributed by atoms with Crippen molar-refractivity contribution in [2.24, 2.45) is 0 Å². The Labute approximate surface area is 132 Å². The van der Waals surface area contributed by atoms with E-state index in [1.54, 1.807) is 23.7 Å². The van der Waals surface area contributed by atoms with Crippen LogP contribution in [0, 0.1) is 6.92 Å². The molecule has 4 heterocycles. The zero-order valence-corrected chi connectivity index (χ0v) is 13.2. The maximum atomic E-state index is 4.71. The lowest BCUT2D eigenvalue weighted by Crippen LogP contribution is -2.38. The zero-order chi connectivity index (χ0) is 14.9. The van der Waals surface area contributed by atoms with Crippen molar-refractivity contribution in [1.29, 1.82) is 0 Å². The van der Waals surface area contributed by atoms with Crippen molar-refractivity contribution in [3.05, 3.63) is 29.7 Å². The molecule has 2 N–H and O–H groups in total. The van der Waals surface area contributed by atoms with E-state index in [0.29, 0.717) is 6.04 Å². The summed E-state index contributed by atoms with van der Waals surface area (Å²) in [5.41, 5.74) is 1.83. The molecule has 0 aliphatic carbocycles. The van der Waals surface area contributed by atoms with Gasteiger partial charge in [-0.15, -0.1) is 11.3 Å². The van der Waals surface area contributed by atoms with Gasteiger partial charge in [0.2, 0.25) is 0 Å². The first-order valence-corrected chi connectivity index (χ1v) is 8.34. The van der Waals surface area contributed by atoms with Crippen LogP contribution in [0.1, 0.15) is 17.7 Å². The normalized spacial score (nSPS) is 18.7. The first-order chi connectivity index (χ1) is 10.8. The van der Waals surface area contributed by atoms with Crippen molar-refractivity contribution in [3.63, 3.8) is 0 Å². The summed E-state index contributed by atoms with van der Waals surface area (Å²) in [5.74, 6) is 0.827. The molecule has 1 aliphatic heterocycles. The average molecular weight is 314 g/mol. The van der Waals surface area contributed by atoms with E-state index in [-0.39, 0.29) is 0 Å². The van der Waals surface area contributed by atoms with E-state index in [1.807, 2.05) is 6.20 Å². The molecule has 4 rings (SSSR count). The predicted octanol–water partition coefficient (Wildman–Crippen LogP) is 2.33. The molecule has 114 valence electrons. The lowest BCUT2D eigenvalue weighted by Gasteiger charge is -2.24. The smallest absolute Gasteiger partial charge is 0.194 e. The number of nitrogens with one attached hydrogen (secondary N) is 2. The highest BCUT2D eigenvalue weighted by atomic mass is 32.1. The molecule has 0 saturated carbocycles. The fraction of sp³-hybridized carbons (Fsp3) is 0.400. The molecular formula is C15H18N6S. The monoisotopic (exact) mass is 314 g/mol. The Morgan fingerprint density at radius 2 is 2.32 bits per heavy atom. The minimum atomic E-state index is 0.423. The molecular weight excluding hydrogens is 296 g/mol. The van der Waals surface area contributed by atoms with Crippen LogP contribution in [0.15, 0.2) is 24.8 Å². The minimum absolute atomic E-state index is 0.423. The second-order valence-electron chi connectivity index (χ2n) is 5.61. The summed E-state index contributed by atoms with van der Waals surface area (Å²) in [6, 6.07) is 0.423. The first-order valence-electron chi connectivity index (χ1n) is 7.53. The summed E-state index contributed by atoms with van der Waals surface area (Å²) < 4.78 is 2.08.